The fraction of sp³-hybridized carbons (Fsp3) is 0.0769. The van der Waals surface area contributed by atoms with Crippen molar-refractivity contribution >= 4 is 46.4 Å². The van der Waals surface area contributed by atoms with Gasteiger partial charge in [0.1, 0.15) is 5.82 Å². The number of hydrogen-bond acceptors (Lipinski definition) is 0. The van der Waals surface area contributed by atoms with Crippen LogP contribution in [0.25, 0.3) is 11.1 Å². The summed E-state index contributed by atoms with van der Waals surface area (Å²) in [5.74, 6) is -0.109. The Morgan fingerprint density at radius 2 is 1.56 bits per heavy atom. The van der Waals surface area contributed by atoms with E-state index in [1.165, 1.54) is 6.07 Å². The Bertz CT molecular complexity index is 573. The lowest BCUT2D eigenvalue weighted by Gasteiger charge is -2.08. The van der Waals surface area contributed by atoms with Crippen LogP contribution in [-0.4, -0.2) is 0 Å². The quantitative estimate of drug-likeness (QED) is 0.456. The minimum absolute atomic E-state index is 0.263. The normalized spacial score (nSPS) is 10.7. The van der Waals surface area contributed by atoms with E-state index < -0.39 is 0 Å². The molecule has 2 aromatic carbocycles. The van der Waals surface area contributed by atoms with E-state index in [2.05, 4.69) is 0 Å². The van der Waals surface area contributed by atoms with Gasteiger partial charge in [-0.25, -0.2) is 4.39 Å². The molecule has 0 nitrogen and oxygen atoms in total. The summed E-state index contributed by atoms with van der Waals surface area (Å²) in [5, 5.41) is 0.847. The molecular weight excluding hydrogens is 317 g/mol. The van der Waals surface area contributed by atoms with Gasteiger partial charge >= 0.3 is 0 Å². The van der Waals surface area contributed by atoms with Crippen LogP contribution in [0.5, 0.6) is 0 Å². The number of rotatable bonds is 2. The van der Waals surface area contributed by atoms with Gasteiger partial charge in [0.25, 0.3) is 0 Å². The van der Waals surface area contributed by atoms with Crippen LogP contribution in [0.15, 0.2) is 30.3 Å². The Hall–Kier alpha value is -0.470. The second-order valence-corrected chi connectivity index (χ2v) is 5.16. The molecule has 0 spiro atoms. The smallest absolute Gasteiger partial charge is 0.131 e. The van der Waals surface area contributed by atoms with E-state index >= 15 is 0 Å². The molecule has 0 aliphatic carbocycles. The molecule has 0 bridgehead atoms. The van der Waals surface area contributed by atoms with Crippen LogP contribution in [0.1, 0.15) is 5.56 Å². The van der Waals surface area contributed by atoms with Crippen molar-refractivity contribution in [2.24, 2.45) is 0 Å². The maximum Gasteiger partial charge on any atom is 0.131 e. The molecule has 0 aliphatic rings. The summed E-state index contributed by atoms with van der Waals surface area (Å²) < 4.78 is 13.9. The predicted octanol–water partition coefficient (Wildman–Crippen LogP) is 6.19. The highest BCUT2D eigenvalue weighted by molar-refractivity contribution is 6.48. The Morgan fingerprint density at radius 1 is 0.944 bits per heavy atom. The minimum Gasteiger partial charge on any atom is -0.206 e. The first kappa shape index (κ1) is 14.0. The summed E-state index contributed by atoms with van der Waals surface area (Å²) in [7, 11) is 0. The van der Waals surface area contributed by atoms with Crippen molar-refractivity contribution in [2.75, 3.05) is 0 Å². The van der Waals surface area contributed by atoms with Crippen molar-refractivity contribution < 1.29 is 4.39 Å². The van der Waals surface area contributed by atoms with E-state index in [-0.39, 0.29) is 16.7 Å². The summed E-state index contributed by atoms with van der Waals surface area (Å²) >= 11 is 23.3. The third kappa shape index (κ3) is 2.75. The lowest BCUT2D eigenvalue weighted by atomic mass is 10.0. The van der Waals surface area contributed by atoms with Crippen molar-refractivity contribution in [1.29, 1.82) is 0 Å². The molecule has 0 saturated heterocycles. The van der Waals surface area contributed by atoms with Crippen LogP contribution < -0.4 is 0 Å². The molecule has 0 aromatic heterocycles. The second kappa shape index (κ2) is 5.66. The van der Waals surface area contributed by atoms with Crippen molar-refractivity contribution in [3.8, 4) is 11.1 Å². The maximum absolute atomic E-state index is 13.9. The van der Waals surface area contributed by atoms with E-state index in [0.29, 0.717) is 26.7 Å². The van der Waals surface area contributed by atoms with Gasteiger partial charge in [-0.2, -0.15) is 0 Å². The van der Waals surface area contributed by atoms with E-state index in [1.807, 2.05) is 0 Å². The highest BCUT2D eigenvalue weighted by Crippen LogP contribution is 2.36. The highest BCUT2D eigenvalue weighted by atomic mass is 35.5. The molecule has 0 heterocycles. The van der Waals surface area contributed by atoms with E-state index in [1.54, 1.807) is 24.3 Å². The summed E-state index contributed by atoms with van der Waals surface area (Å²) in [4.78, 5) is 0. The van der Waals surface area contributed by atoms with Gasteiger partial charge in [0.2, 0.25) is 0 Å². The average molecular weight is 324 g/mol. The van der Waals surface area contributed by atoms with Gasteiger partial charge in [-0.3, -0.25) is 0 Å². The molecule has 5 heteroatoms. The Balaban J connectivity index is 2.55. The minimum atomic E-state index is -0.373. The standard InChI is InChI=1S/C13H7Cl4F/c14-6-7-1-2-9(12(18)3-7)8-4-10(15)13(17)11(16)5-8/h1-5H,6H2. The van der Waals surface area contributed by atoms with Crippen LogP contribution >= 0.6 is 46.4 Å². The van der Waals surface area contributed by atoms with Crippen LogP contribution in [-0.2, 0) is 5.88 Å². The van der Waals surface area contributed by atoms with Crippen LogP contribution in [0, 0.1) is 5.82 Å². The molecule has 0 atom stereocenters. The average Bonchev–Trinajstić information content (AvgIpc) is 2.35. The van der Waals surface area contributed by atoms with Crippen molar-refractivity contribution in [3.63, 3.8) is 0 Å². The number of alkyl halides is 1. The first-order chi connectivity index (χ1) is 8.52. The lowest BCUT2D eigenvalue weighted by molar-refractivity contribution is 0.630. The predicted molar refractivity (Wildman–Crippen MR) is 76.4 cm³/mol. The van der Waals surface area contributed by atoms with E-state index in [4.69, 9.17) is 46.4 Å². The SMILES string of the molecule is Fc1cc(CCl)ccc1-c1cc(Cl)c(Cl)c(Cl)c1. The van der Waals surface area contributed by atoms with Gasteiger partial charge < -0.3 is 0 Å². The van der Waals surface area contributed by atoms with E-state index in [9.17, 15) is 4.39 Å². The molecule has 0 N–H and O–H groups in total. The van der Waals surface area contributed by atoms with Crippen LogP contribution in [0.2, 0.25) is 15.1 Å². The molecule has 0 saturated carbocycles. The van der Waals surface area contributed by atoms with Crippen molar-refractivity contribution in [1.82, 2.24) is 0 Å². The van der Waals surface area contributed by atoms with Crippen LogP contribution in [0.3, 0.4) is 0 Å². The molecular formula is C13H7Cl4F. The Morgan fingerprint density at radius 3 is 2.06 bits per heavy atom. The molecule has 2 aromatic rings. The molecule has 0 amide bonds. The molecule has 0 fully saturated rings. The fourth-order valence-corrected chi connectivity index (χ4v) is 2.35. The van der Waals surface area contributed by atoms with Crippen molar-refractivity contribution in [2.45, 2.75) is 5.88 Å². The van der Waals surface area contributed by atoms with E-state index in [0.717, 1.165) is 0 Å². The first-order valence-electron chi connectivity index (χ1n) is 5.02. The third-order valence-corrected chi connectivity index (χ3v) is 3.99. The molecule has 0 radical (unpaired) electrons. The fourth-order valence-electron chi connectivity index (χ4n) is 1.59. The third-order valence-electron chi connectivity index (χ3n) is 2.48. The van der Waals surface area contributed by atoms with Crippen LogP contribution in [0.4, 0.5) is 4.39 Å². The highest BCUT2D eigenvalue weighted by Gasteiger charge is 2.11. The lowest BCUT2D eigenvalue weighted by Crippen LogP contribution is -1.88. The zero-order chi connectivity index (χ0) is 13.3. The van der Waals surface area contributed by atoms with Gasteiger partial charge in [0.05, 0.1) is 15.1 Å². The van der Waals surface area contributed by atoms with Gasteiger partial charge in [-0.05, 0) is 29.3 Å². The second-order valence-electron chi connectivity index (χ2n) is 3.70. The molecule has 94 valence electrons. The zero-order valence-corrected chi connectivity index (χ0v) is 12.0. The molecule has 2 rings (SSSR count). The Labute approximate surface area is 124 Å². The summed E-state index contributed by atoms with van der Waals surface area (Å²) in [5.41, 5.74) is 1.70. The van der Waals surface area contributed by atoms with Gasteiger partial charge in [0.15, 0.2) is 0 Å². The largest absolute Gasteiger partial charge is 0.206 e. The van der Waals surface area contributed by atoms with Gasteiger partial charge in [-0.1, -0.05) is 46.9 Å². The van der Waals surface area contributed by atoms with Gasteiger partial charge in [-0.15, -0.1) is 11.6 Å². The maximum atomic E-state index is 13.9. The number of halogens is 5. The van der Waals surface area contributed by atoms with Gasteiger partial charge in [0, 0.05) is 11.4 Å². The zero-order valence-electron chi connectivity index (χ0n) is 8.98. The molecule has 0 aliphatic heterocycles. The van der Waals surface area contributed by atoms with Crippen molar-refractivity contribution in [3.05, 3.63) is 56.8 Å². The topological polar surface area (TPSA) is 0 Å². The monoisotopic (exact) mass is 322 g/mol. The Kier molecular flexibility index (Phi) is 4.39. The number of hydrogen-bond donors (Lipinski definition) is 0. The number of benzene rings is 2. The molecule has 18 heavy (non-hydrogen) atoms. The summed E-state index contributed by atoms with van der Waals surface area (Å²) in [6, 6.07) is 7.94. The summed E-state index contributed by atoms with van der Waals surface area (Å²) in [6.07, 6.45) is 0. The first-order valence-corrected chi connectivity index (χ1v) is 6.69. The summed E-state index contributed by atoms with van der Waals surface area (Å²) in [6.45, 7) is 0. The molecule has 0 unspecified atom stereocenters.